The molecule has 0 radical (unpaired) electrons. The van der Waals surface area contributed by atoms with E-state index >= 15 is 0 Å². The standard InChI is InChI=1S/C13H27N3O/c1-10(2)6-7-15-13(17)11(3)16-8-4-5-12(14)9-16/h10-12H,4-9,14H2,1-3H3,(H,15,17)/t11?,12-/m1/s1. The number of nitrogens with zero attached hydrogens (tertiary/aromatic N) is 1. The maximum Gasteiger partial charge on any atom is 0.237 e. The summed E-state index contributed by atoms with van der Waals surface area (Å²) in [5.41, 5.74) is 5.93. The quantitative estimate of drug-likeness (QED) is 0.754. The average molecular weight is 241 g/mol. The molecule has 1 heterocycles. The molecule has 0 aliphatic carbocycles. The van der Waals surface area contributed by atoms with Gasteiger partial charge in [-0.05, 0) is 38.6 Å². The van der Waals surface area contributed by atoms with Crippen LogP contribution in [0.15, 0.2) is 0 Å². The molecule has 2 atom stereocenters. The third-order valence-electron chi connectivity index (χ3n) is 3.44. The summed E-state index contributed by atoms with van der Waals surface area (Å²) < 4.78 is 0. The van der Waals surface area contributed by atoms with Crippen molar-refractivity contribution in [3.05, 3.63) is 0 Å². The zero-order valence-corrected chi connectivity index (χ0v) is 11.4. The normalized spacial score (nSPS) is 23.7. The van der Waals surface area contributed by atoms with E-state index in [4.69, 9.17) is 5.73 Å². The Balaban J connectivity index is 2.30. The van der Waals surface area contributed by atoms with Gasteiger partial charge in [0, 0.05) is 19.1 Å². The monoisotopic (exact) mass is 241 g/mol. The zero-order valence-electron chi connectivity index (χ0n) is 11.4. The Bertz CT molecular complexity index is 243. The molecule has 0 aromatic heterocycles. The Morgan fingerprint density at radius 3 is 2.76 bits per heavy atom. The molecule has 1 amide bonds. The molecule has 0 saturated carbocycles. The van der Waals surface area contributed by atoms with E-state index in [1.165, 1.54) is 0 Å². The summed E-state index contributed by atoms with van der Waals surface area (Å²) >= 11 is 0. The van der Waals surface area contributed by atoms with Gasteiger partial charge >= 0.3 is 0 Å². The third kappa shape index (κ3) is 5.04. The van der Waals surface area contributed by atoms with Gasteiger partial charge in [0.2, 0.25) is 5.91 Å². The first-order chi connectivity index (χ1) is 8.00. The summed E-state index contributed by atoms with van der Waals surface area (Å²) in [4.78, 5) is 14.1. The molecule has 0 aromatic rings. The number of piperidine rings is 1. The van der Waals surface area contributed by atoms with Crippen LogP contribution < -0.4 is 11.1 Å². The van der Waals surface area contributed by atoms with Crippen LogP contribution >= 0.6 is 0 Å². The summed E-state index contributed by atoms with van der Waals surface area (Å²) in [5, 5.41) is 3.00. The Morgan fingerprint density at radius 1 is 1.47 bits per heavy atom. The highest BCUT2D eigenvalue weighted by Gasteiger charge is 2.25. The van der Waals surface area contributed by atoms with Crippen LogP contribution in [0.1, 0.15) is 40.0 Å². The maximum atomic E-state index is 11.9. The minimum atomic E-state index is -0.0477. The van der Waals surface area contributed by atoms with Crippen LogP contribution in [-0.4, -0.2) is 42.5 Å². The lowest BCUT2D eigenvalue weighted by atomic mass is 10.0. The molecular formula is C13H27N3O. The van der Waals surface area contributed by atoms with E-state index < -0.39 is 0 Å². The lowest BCUT2D eigenvalue weighted by molar-refractivity contribution is -0.126. The zero-order chi connectivity index (χ0) is 12.8. The summed E-state index contributed by atoms with van der Waals surface area (Å²) in [7, 11) is 0. The smallest absolute Gasteiger partial charge is 0.237 e. The fraction of sp³-hybridized carbons (Fsp3) is 0.923. The SMILES string of the molecule is CC(C)CCNC(=O)C(C)N1CCC[C@@H](N)C1. The molecule has 1 aliphatic rings. The van der Waals surface area contributed by atoms with E-state index in [0.29, 0.717) is 5.92 Å². The Kier molecular flexibility index (Phi) is 5.92. The second-order valence-electron chi connectivity index (χ2n) is 5.55. The van der Waals surface area contributed by atoms with Crippen molar-refractivity contribution in [1.82, 2.24) is 10.2 Å². The van der Waals surface area contributed by atoms with Crippen molar-refractivity contribution in [1.29, 1.82) is 0 Å². The maximum absolute atomic E-state index is 11.9. The molecule has 4 nitrogen and oxygen atoms in total. The van der Waals surface area contributed by atoms with E-state index in [1.54, 1.807) is 0 Å². The number of amides is 1. The van der Waals surface area contributed by atoms with Crippen molar-refractivity contribution < 1.29 is 4.79 Å². The Morgan fingerprint density at radius 2 is 2.18 bits per heavy atom. The number of likely N-dealkylation sites (tertiary alicyclic amines) is 1. The van der Waals surface area contributed by atoms with Gasteiger partial charge < -0.3 is 11.1 Å². The summed E-state index contributed by atoms with van der Waals surface area (Å²) in [6, 6.07) is 0.183. The van der Waals surface area contributed by atoms with Crippen molar-refractivity contribution in [3.8, 4) is 0 Å². The number of nitrogens with one attached hydrogen (secondary N) is 1. The number of rotatable bonds is 5. The van der Waals surface area contributed by atoms with Crippen LogP contribution in [0.25, 0.3) is 0 Å². The molecule has 1 unspecified atom stereocenters. The number of hydrogen-bond acceptors (Lipinski definition) is 3. The fourth-order valence-corrected chi connectivity index (χ4v) is 2.19. The average Bonchev–Trinajstić information content (AvgIpc) is 2.27. The molecule has 1 saturated heterocycles. The van der Waals surface area contributed by atoms with Crippen molar-refractivity contribution in [2.24, 2.45) is 11.7 Å². The van der Waals surface area contributed by atoms with E-state index in [9.17, 15) is 4.79 Å². The van der Waals surface area contributed by atoms with Gasteiger partial charge in [-0.1, -0.05) is 13.8 Å². The molecule has 3 N–H and O–H groups in total. The molecule has 100 valence electrons. The highest BCUT2D eigenvalue weighted by atomic mass is 16.2. The molecule has 4 heteroatoms. The first-order valence-electron chi connectivity index (χ1n) is 6.78. The van der Waals surface area contributed by atoms with E-state index in [2.05, 4.69) is 24.1 Å². The van der Waals surface area contributed by atoms with Crippen molar-refractivity contribution in [3.63, 3.8) is 0 Å². The predicted molar refractivity (Wildman–Crippen MR) is 70.7 cm³/mol. The van der Waals surface area contributed by atoms with Gasteiger partial charge in [-0.25, -0.2) is 0 Å². The van der Waals surface area contributed by atoms with Crippen LogP contribution in [0, 0.1) is 5.92 Å². The largest absolute Gasteiger partial charge is 0.355 e. The van der Waals surface area contributed by atoms with Crippen molar-refractivity contribution in [2.75, 3.05) is 19.6 Å². The molecule has 1 aliphatic heterocycles. The fourth-order valence-electron chi connectivity index (χ4n) is 2.19. The minimum absolute atomic E-state index is 0.0477. The summed E-state index contributed by atoms with van der Waals surface area (Å²) in [5.74, 6) is 0.772. The van der Waals surface area contributed by atoms with E-state index in [0.717, 1.165) is 38.9 Å². The lowest BCUT2D eigenvalue weighted by Crippen LogP contribution is -2.52. The minimum Gasteiger partial charge on any atom is -0.355 e. The van der Waals surface area contributed by atoms with Crippen LogP contribution in [0.2, 0.25) is 0 Å². The molecule has 0 bridgehead atoms. The van der Waals surface area contributed by atoms with Crippen LogP contribution in [0.5, 0.6) is 0 Å². The van der Waals surface area contributed by atoms with Gasteiger partial charge in [0.05, 0.1) is 6.04 Å². The molecular weight excluding hydrogens is 214 g/mol. The van der Waals surface area contributed by atoms with Crippen LogP contribution in [-0.2, 0) is 4.79 Å². The predicted octanol–water partition coefficient (Wildman–Crippen LogP) is 0.960. The molecule has 1 rings (SSSR count). The van der Waals surface area contributed by atoms with Crippen molar-refractivity contribution in [2.45, 2.75) is 52.1 Å². The number of hydrogen-bond donors (Lipinski definition) is 2. The first-order valence-corrected chi connectivity index (χ1v) is 6.78. The third-order valence-corrected chi connectivity index (χ3v) is 3.44. The first kappa shape index (κ1) is 14.5. The van der Waals surface area contributed by atoms with Crippen LogP contribution in [0.3, 0.4) is 0 Å². The highest BCUT2D eigenvalue weighted by Crippen LogP contribution is 2.11. The second-order valence-corrected chi connectivity index (χ2v) is 5.55. The van der Waals surface area contributed by atoms with E-state index in [-0.39, 0.29) is 18.0 Å². The number of carbonyl (C=O) groups excluding carboxylic acids is 1. The molecule has 17 heavy (non-hydrogen) atoms. The van der Waals surface area contributed by atoms with Gasteiger partial charge in [-0.3, -0.25) is 9.69 Å². The van der Waals surface area contributed by atoms with Crippen LogP contribution in [0.4, 0.5) is 0 Å². The van der Waals surface area contributed by atoms with Crippen molar-refractivity contribution >= 4 is 5.91 Å². The number of nitrogens with two attached hydrogens (primary N) is 1. The molecule has 0 aromatic carbocycles. The summed E-state index contributed by atoms with van der Waals surface area (Å²) in [6.07, 6.45) is 3.22. The number of carbonyl (C=O) groups is 1. The van der Waals surface area contributed by atoms with Gasteiger partial charge in [0.15, 0.2) is 0 Å². The molecule has 1 fully saturated rings. The second kappa shape index (κ2) is 6.97. The Hall–Kier alpha value is -0.610. The van der Waals surface area contributed by atoms with E-state index in [1.807, 2.05) is 6.92 Å². The lowest BCUT2D eigenvalue weighted by Gasteiger charge is -2.34. The van der Waals surface area contributed by atoms with Gasteiger partial charge in [-0.2, -0.15) is 0 Å². The topological polar surface area (TPSA) is 58.4 Å². The Labute approximate surface area is 105 Å². The molecule has 0 spiro atoms. The van der Waals surface area contributed by atoms with Gasteiger partial charge in [0.1, 0.15) is 0 Å². The summed E-state index contributed by atoms with van der Waals surface area (Å²) in [6.45, 7) is 8.92. The highest BCUT2D eigenvalue weighted by molar-refractivity contribution is 5.81. The van der Waals surface area contributed by atoms with Gasteiger partial charge in [-0.15, -0.1) is 0 Å². The van der Waals surface area contributed by atoms with Gasteiger partial charge in [0.25, 0.3) is 0 Å².